The third-order valence-corrected chi connectivity index (χ3v) is 2.97. The van der Waals surface area contributed by atoms with Crippen LogP contribution in [0, 0.1) is 0 Å². The van der Waals surface area contributed by atoms with Gasteiger partial charge in [-0.05, 0) is 48.4 Å². The lowest BCUT2D eigenvalue weighted by Crippen LogP contribution is -2.10. The number of hydrogen-bond acceptors (Lipinski definition) is 3. The van der Waals surface area contributed by atoms with Gasteiger partial charge in [0.1, 0.15) is 0 Å². The van der Waals surface area contributed by atoms with Gasteiger partial charge in [-0.15, -0.1) is 0 Å². The van der Waals surface area contributed by atoms with Crippen LogP contribution in [-0.4, -0.2) is 13.2 Å². The minimum Gasteiger partial charge on any atom is -0.453 e. The highest BCUT2D eigenvalue weighted by Crippen LogP contribution is 2.19. The Kier molecular flexibility index (Phi) is 4.60. The number of carbonyl (C=O) groups excluding carboxylic acids is 1. The first-order chi connectivity index (χ1) is 9.71. The second kappa shape index (κ2) is 6.61. The summed E-state index contributed by atoms with van der Waals surface area (Å²) in [6.07, 6.45) is 0.564. The Labute approximate surface area is 118 Å². The van der Waals surface area contributed by atoms with Crippen LogP contribution in [0.5, 0.6) is 0 Å². The Hall–Kier alpha value is -2.49. The first-order valence-electron chi connectivity index (χ1n) is 6.52. The number of ether oxygens (including phenoxy) is 1. The summed E-state index contributed by atoms with van der Waals surface area (Å²) in [5.41, 5.74) is 4.01. The lowest BCUT2D eigenvalue weighted by Gasteiger charge is -2.08. The van der Waals surface area contributed by atoms with Crippen molar-refractivity contribution in [3.8, 4) is 0 Å². The van der Waals surface area contributed by atoms with Crippen molar-refractivity contribution in [1.29, 1.82) is 0 Å². The molecule has 0 aliphatic rings. The van der Waals surface area contributed by atoms with Gasteiger partial charge in [0, 0.05) is 17.1 Å². The maximum Gasteiger partial charge on any atom is 0.411 e. The van der Waals surface area contributed by atoms with Gasteiger partial charge in [0.15, 0.2) is 0 Å². The lowest BCUT2D eigenvalue weighted by molar-refractivity contribution is 0.187. The molecule has 0 unspecified atom stereocenters. The summed E-state index contributed by atoms with van der Waals surface area (Å²) in [6.45, 7) is 2.13. The first kappa shape index (κ1) is 13.9. The second-order valence-corrected chi connectivity index (χ2v) is 4.37. The number of methoxy groups -OCH3 is 1. The van der Waals surface area contributed by atoms with Gasteiger partial charge in [0.05, 0.1) is 7.11 Å². The van der Waals surface area contributed by atoms with Crippen LogP contribution in [0.25, 0.3) is 0 Å². The van der Waals surface area contributed by atoms with Crippen LogP contribution in [-0.2, 0) is 11.2 Å². The standard InChI is InChI=1S/C16H18N2O2/c1-3-12-4-6-13(7-5-12)17-14-8-10-15(11-9-14)18-16(19)20-2/h4-11,17H,3H2,1-2H3,(H,18,19). The van der Waals surface area contributed by atoms with E-state index in [0.29, 0.717) is 5.69 Å². The average Bonchev–Trinajstić information content (AvgIpc) is 2.50. The quantitative estimate of drug-likeness (QED) is 0.876. The van der Waals surface area contributed by atoms with Crippen LogP contribution >= 0.6 is 0 Å². The monoisotopic (exact) mass is 270 g/mol. The van der Waals surface area contributed by atoms with E-state index in [9.17, 15) is 4.79 Å². The molecule has 2 aromatic rings. The van der Waals surface area contributed by atoms with E-state index in [0.717, 1.165) is 17.8 Å². The Morgan fingerprint density at radius 2 is 1.45 bits per heavy atom. The number of nitrogens with one attached hydrogen (secondary N) is 2. The summed E-state index contributed by atoms with van der Waals surface area (Å²) in [5.74, 6) is 0. The molecule has 0 saturated heterocycles. The lowest BCUT2D eigenvalue weighted by atomic mass is 10.1. The largest absolute Gasteiger partial charge is 0.453 e. The van der Waals surface area contributed by atoms with E-state index in [1.165, 1.54) is 12.7 Å². The number of anilines is 3. The predicted octanol–water partition coefficient (Wildman–Crippen LogP) is 4.17. The maximum atomic E-state index is 11.1. The molecule has 4 nitrogen and oxygen atoms in total. The Balaban J connectivity index is 2.00. The third kappa shape index (κ3) is 3.75. The van der Waals surface area contributed by atoms with Crippen molar-refractivity contribution in [1.82, 2.24) is 0 Å². The first-order valence-corrected chi connectivity index (χ1v) is 6.52. The van der Waals surface area contributed by atoms with E-state index in [1.807, 2.05) is 24.3 Å². The highest BCUT2D eigenvalue weighted by atomic mass is 16.5. The van der Waals surface area contributed by atoms with Crippen LogP contribution in [0.4, 0.5) is 21.9 Å². The van der Waals surface area contributed by atoms with Crippen molar-refractivity contribution >= 4 is 23.2 Å². The zero-order chi connectivity index (χ0) is 14.4. The molecule has 0 bridgehead atoms. The van der Waals surface area contributed by atoms with Gasteiger partial charge in [0.2, 0.25) is 0 Å². The van der Waals surface area contributed by atoms with Gasteiger partial charge in [-0.25, -0.2) is 4.79 Å². The fraction of sp³-hybridized carbons (Fsp3) is 0.188. The summed E-state index contributed by atoms with van der Waals surface area (Å²) in [7, 11) is 1.34. The van der Waals surface area contributed by atoms with E-state index in [-0.39, 0.29) is 0 Å². The van der Waals surface area contributed by atoms with Crippen LogP contribution in [0.15, 0.2) is 48.5 Å². The number of rotatable bonds is 4. The molecule has 2 aromatic carbocycles. The van der Waals surface area contributed by atoms with Gasteiger partial charge < -0.3 is 10.1 Å². The summed E-state index contributed by atoms with van der Waals surface area (Å²) < 4.78 is 4.54. The fourth-order valence-electron chi connectivity index (χ4n) is 1.80. The van der Waals surface area contributed by atoms with Gasteiger partial charge in [-0.2, -0.15) is 0 Å². The average molecular weight is 270 g/mol. The Morgan fingerprint density at radius 1 is 0.950 bits per heavy atom. The third-order valence-electron chi connectivity index (χ3n) is 2.97. The summed E-state index contributed by atoms with van der Waals surface area (Å²) in [6, 6.07) is 15.8. The van der Waals surface area contributed by atoms with Crippen LogP contribution in [0.1, 0.15) is 12.5 Å². The Bertz CT molecular complexity index is 562. The molecule has 0 saturated carbocycles. The number of carbonyl (C=O) groups is 1. The van der Waals surface area contributed by atoms with Crippen LogP contribution in [0.3, 0.4) is 0 Å². The molecule has 1 amide bonds. The zero-order valence-electron chi connectivity index (χ0n) is 11.6. The molecule has 2 rings (SSSR count). The summed E-state index contributed by atoms with van der Waals surface area (Å²) in [5, 5.41) is 5.91. The minimum absolute atomic E-state index is 0.471. The van der Waals surface area contributed by atoms with Crippen molar-refractivity contribution in [2.75, 3.05) is 17.7 Å². The molecule has 20 heavy (non-hydrogen) atoms. The van der Waals surface area contributed by atoms with Gasteiger partial charge >= 0.3 is 6.09 Å². The van der Waals surface area contributed by atoms with Crippen molar-refractivity contribution in [3.05, 3.63) is 54.1 Å². The highest BCUT2D eigenvalue weighted by molar-refractivity contribution is 5.84. The molecule has 0 fully saturated rings. The minimum atomic E-state index is -0.471. The molecular weight excluding hydrogens is 252 g/mol. The molecular formula is C16H18N2O2. The molecule has 2 N–H and O–H groups in total. The van der Waals surface area contributed by atoms with E-state index < -0.39 is 6.09 Å². The molecule has 0 heterocycles. The Morgan fingerprint density at radius 3 is 1.95 bits per heavy atom. The van der Waals surface area contributed by atoms with Crippen molar-refractivity contribution < 1.29 is 9.53 Å². The highest BCUT2D eigenvalue weighted by Gasteiger charge is 2.00. The summed E-state index contributed by atoms with van der Waals surface area (Å²) >= 11 is 0. The second-order valence-electron chi connectivity index (χ2n) is 4.37. The molecule has 0 spiro atoms. The molecule has 0 atom stereocenters. The van der Waals surface area contributed by atoms with Gasteiger partial charge in [0.25, 0.3) is 0 Å². The van der Waals surface area contributed by atoms with Crippen molar-refractivity contribution in [2.24, 2.45) is 0 Å². The number of hydrogen-bond donors (Lipinski definition) is 2. The molecule has 0 aliphatic carbocycles. The molecule has 104 valence electrons. The molecule has 0 aromatic heterocycles. The smallest absolute Gasteiger partial charge is 0.411 e. The van der Waals surface area contributed by atoms with E-state index in [2.05, 4.69) is 46.6 Å². The number of amides is 1. The SMILES string of the molecule is CCc1ccc(Nc2ccc(NC(=O)OC)cc2)cc1. The molecule has 4 heteroatoms. The van der Waals surface area contributed by atoms with E-state index >= 15 is 0 Å². The predicted molar refractivity (Wildman–Crippen MR) is 81.6 cm³/mol. The number of aryl methyl sites for hydroxylation is 1. The van der Waals surface area contributed by atoms with Crippen LogP contribution in [0.2, 0.25) is 0 Å². The zero-order valence-corrected chi connectivity index (χ0v) is 11.6. The van der Waals surface area contributed by atoms with E-state index in [1.54, 1.807) is 0 Å². The number of benzene rings is 2. The van der Waals surface area contributed by atoms with E-state index in [4.69, 9.17) is 0 Å². The van der Waals surface area contributed by atoms with Gasteiger partial charge in [-0.1, -0.05) is 19.1 Å². The maximum absolute atomic E-state index is 11.1. The van der Waals surface area contributed by atoms with Crippen molar-refractivity contribution in [3.63, 3.8) is 0 Å². The molecule has 0 radical (unpaired) electrons. The normalized spacial score (nSPS) is 9.90. The fourth-order valence-corrected chi connectivity index (χ4v) is 1.80. The van der Waals surface area contributed by atoms with Gasteiger partial charge in [-0.3, -0.25) is 5.32 Å². The van der Waals surface area contributed by atoms with Crippen LogP contribution < -0.4 is 10.6 Å². The topological polar surface area (TPSA) is 50.4 Å². The molecule has 0 aliphatic heterocycles. The summed E-state index contributed by atoms with van der Waals surface area (Å²) in [4.78, 5) is 11.1. The van der Waals surface area contributed by atoms with Crippen molar-refractivity contribution in [2.45, 2.75) is 13.3 Å².